The van der Waals surface area contributed by atoms with Gasteiger partial charge in [0.25, 0.3) is 0 Å². The molecule has 1 N–H and O–H groups in total. The Bertz CT molecular complexity index is 941. The van der Waals surface area contributed by atoms with Gasteiger partial charge in [-0.2, -0.15) is 4.98 Å². The zero-order chi connectivity index (χ0) is 20.1. The number of rotatable bonds is 7. The average molecular weight is 413 g/mol. The van der Waals surface area contributed by atoms with Gasteiger partial charge in [-0.1, -0.05) is 11.6 Å². The van der Waals surface area contributed by atoms with Crippen LogP contribution in [0.1, 0.15) is 48.6 Å². The third kappa shape index (κ3) is 5.00. The van der Waals surface area contributed by atoms with E-state index in [0.717, 1.165) is 29.3 Å². The summed E-state index contributed by atoms with van der Waals surface area (Å²) in [5.41, 5.74) is 2.03. The number of hydrogen-bond acceptors (Lipinski definition) is 7. The van der Waals surface area contributed by atoms with Gasteiger partial charge in [0.15, 0.2) is 5.13 Å². The molecule has 29 heavy (non-hydrogen) atoms. The third-order valence-electron chi connectivity index (χ3n) is 4.95. The number of thiazole rings is 1. The molecule has 0 radical (unpaired) electrons. The van der Waals surface area contributed by atoms with Crippen molar-refractivity contribution in [3.8, 4) is 17.1 Å². The highest BCUT2D eigenvalue weighted by Gasteiger charge is 2.16. The van der Waals surface area contributed by atoms with Crippen LogP contribution < -0.4 is 10.1 Å². The fraction of sp³-hybridized carbons (Fsp3) is 0.429. The van der Waals surface area contributed by atoms with E-state index in [1.165, 1.54) is 29.8 Å². The van der Waals surface area contributed by atoms with Crippen LogP contribution in [0.3, 0.4) is 0 Å². The van der Waals surface area contributed by atoms with Crippen LogP contribution in [0.5, 0.6) is 5.75 Å². The SMILES string of the molecule is COc1ccc(-c2noc(CCCC(=O)Nc3nc4c(s3)CCCCC4)n2)cc1. The smallest absolute Gasteiger partial charge is 0.226 e. The first-order chi connectivity index (χ1) is 14.2. The predicted molar refractivity (Wildman–Crippen MR) is 111 cm³/mol. The quantitative estimate of drug-likeness (QED) is 0.577. The molecule has 1 aliphatic carbocycles. The van der Waals surface area contributed by atoms with E-state index < -0.39 is 0 Å². The Morgan fingerprint density at radius 1 is 1.17 bits per heavy atom. The van der Waals surface area contributed by atoms with Crippen molar-refractivity contribution in [3.05, 3.63) is 40.7 Å². The summed E-state index contributed by atoms with van der Waals surface area (Å²) in [5.74, 6) is 1.82. The standard InChI is InChI=1S/C21H24N4O3S/c1-27-15-12-10-14(11-13-15)20-24-19(28-25-20)9-5-8-18(26)23-21-22-16-6-3-2-4-7-17(16)29-21/h10-13H,2-9H2,1H3,(H,22,23,26). The Balaban J connectivity index is 1.26. The van der Waals surface area contributed by atoms with Gasteiger partial charge in [0.1, 0.15) is 5.75 Å². The zero-order valence-electron chi connectivity index (χ0n) is 16.4. The van der Waals surface area contributed by atoms with Crippen LogP contribution in [0.4, 0.5) is 5.13 Å². The zero-order valence-corrected chi connectivity index (χ0v) is 17.3. The van der Waals surface area contributed by atoms with Gasteiger partial charge in [-0.15, -0.1) is 11.3 Å². The molecular formula is C21H24N4O3S. The Kier molecular flexibility index (Phi) is 6.19. The van der Waals surface area contributed by atoms with Gasteiger partial charge in [0, 0.05) is 23.3 Å². The number of anilines is 1. The number of fused-ring (bicyclic) bond motifs is 1. The molecule has 152 valence electrons. The minimum absolute atomic E-state index is 0.0243. The maximum absolute atomic E-state index is 12.2. The number of aromatic nitrogens is 3. The molecule has 0 bridgehead atoms. The van der Waals surface area contributed by atoms with Gasteiger partial charge < -0.3 is 14.6 Å². The molecule has 4 rings (SSSR count). The van der Waals surface area contributed by atoms with E-state index in [4.69, 9.17) is 9.26 Å². The summed E-state index contributed by atoms with van der Waals surface area (Å²) in [6.07, 6.45) is 7.36. The summed E-state index contributed by atoms with van der Waals surface area (Å²) >= 11 is 1.62. The monoisotopic (exact) mass is 412 g/mol. The number of ether oxygens (including phenoxy) is 1. The van der Waals surface area contributed by atoms with Gasteiger partial charge in [0.2, 0.25) is 17.6 Å². The highest BCUT2D eigenvalue weighted by atomic mass is 32.1. The second-order valence-corrected chi connectivity index (χ2v) is 8.18. The topological polar surface area (TPSA) is 90.1 Å². The fourth-order valence-electron chi connectivity index (χ4n) is 3.38. The largest absolute Gasteiger partial charge is 0.497 e. The molecule has 0 saturated carbocycles. The summed E-state index contributed by atoms with van der Waals surface area (Å²) in [7, 11) is 1.63. The molecule has 1 aliphatic rings. The van der Waals surface area contributed by atoms with Crippen LogP contribution in [0, 0.1) is 0 Å². The van der Waals surface area contributed by atoms with Crippen LogP contribution in [0.25, 0.3) is 11.4 Å². The fourth-order valence-corrected chi connectivity index (χ4v) is 4.44. The molecule has 1 aromatic carbocycles. The lowest BCUT2D eigenvalue weighted by molar-refractivity contribution is -0.116. The lowest BCUT2D eigenvalue weighted by Gasteiger charge is -2.00. The van der Waals surface area contributed by atoms with Crippen LogP contribution >= 0.6 is 11.3 Å². The number of hydrogen-bond donors (Lipinski definition) is 1. The lowest BCUT2D eigenvalue weighted by atomic mass is 10.2. The van der Waals surface area contributed by atoms with Gasteiger partial charge >= 0.3 is 0 Å². The maximum Gasteiger partial charge on any atom is 0.226 e. The first kappa shape index (κ1) is 19.6. The van der Waals surface area contributed by atoms with Crippen molar-refractivity contribution in [1.29, 1.82) is 0 Å². The summed E-state index contributed by atoms with van der Waals surface area (Å²) in [5, 5.41) is 7.68. The van der Waals surface area contributed by atoms with E-state index in [9.17, 15) is 4.79 Å². The summed E-state index contributed by atoms with van der Waals surface area (Å²) in [6, 6.07) is 7.48. The number of carbonyl (C=O) groups excluding carboxylic acids is 1. The number of amides is 1. The number of nitrogens with zero attached hydrogens (tertiary/aromatic N) is 3. The highest BCUT2D eigenvalue weighted by Crippen LogP contribution is 2.29. The molecule has 0 fully saturated rings. The van der Waals surface area contributed by atoms with E-state index in [0.29, 0.717) is 31.0 Å². The molecule has 0 atom stereocenters. The van der Waals surface area contributed by atoms with E-state index >= 15 is 0 Å². The molecule has 3 aromatic rings. The normalized spacial score (nSPS) is 13.6. The van der Waals surface area contributed by atoms with Crippen LogP contribution in [0.15, 0.2) is 28.8 Å². The molecule has 0 aliphatic heterocycles. The molecule has 0 spiro atoms. The summed E-state index contributed by atoms with van der Waals surface area (Å²) in [4.78, 5) is 22.6. The van der Waals surface area contributed by atoms with E-state index in [1.807, 2.05) is 24.3 Å². The Morgan fingerprint density at radius 3 is 2.83 bits per heavy atom. The highest BCUT2D eigenvalue weighted by molar-refractivity contribution is 7.15. The second kappa shape index (κ2) is 9.17. The second-order valence-electron chi connectivity index (χ2n) is 7.09. The van der Waals surface area contributed by atoms with Crippen molar-refractivity contribution in [2.45, 2.75) is 51.4 Å². The molecular weight excluding hydrogens is 388 g/mol. The minimum Gasteiger partial charge on any atom is -0.497 e. The first-order valence-electron chi connectivity index (χ1n) is 9.97. The lowest BCUT2D eigenvalue weighted by Crippen LogP contribution is -2.11. The van der Waals surface area contributed by atoms with Crippen LogP contribution in [-0.2, 0) is 24.1 Å². The Labute approximate surface area is 173 Å². The number of benzene rings is 1. The van der Waals surface area contributed by atoms with Gasteiger partial charge in [-0.05, 0) is 56.4 Å². The predicted octanol–water partition coefficient (Wildman–Crippen LogP) is 4.43. The van der Waals surface area contributed by atoms with Crippen LogP contribution in [0.2, 0.25) is 0 Å². The van der Waals surface area contributed by atoms with Gasteiger partial charge in [-0.3, -0.25) is 4.79 Å². The number of carbonyl (C=O) groups is 1. The van der Waals surface area contributed by atoms with Crippen molar-refractivity contribution >= 4 is 22.4 Å². The van der Waals surface area contributed by atoms with E-state index in [2.05, 4.69) is 20.4 Å². The average Bonchev–Trinajstić information content (AvgIpc) is 3.29. The summed E-state index contributed by atoms with van der Waals surface area (Å²) < 4.78 is 10.5. The summed E-state index contributed by atoms with van der Waals surface area (Å²) in [6.45, 7) is 0. The molecule has 7 nitrogen and oxygen atoms in total. The van der Waals surface area contributed by atoms with E-state index in [-0.39, 0.29) is 5.91 Å². The maximum atomic E-state index is 12.2. The minimum atomic E-state index is -0.0243. The van der Waals surface area contributed by atoms with Gasteiger partial charge in [0.05, 0.1) is 12.8 Å². The third-order valence-corrected chi connectivity index (χ3v) is 6.03. The molecule has 2 heterocycles. The Hall–Kier alpha value is -2.74. The molecule has 1 amide bonds. The van der Waals surface area contributed by atoms with Crippen molar-refractivity contribution in [2.75, 3.05) is 12.4 Å². The van der Waals surface area contributed by atoms with Gasteiger partial charge in [-0.25, -0.2) is 4.98 Å². The van der Waals surface area contributed by atoms with Crippen LogP contribution in [-0.4, -0.2) is 28.1 Å². The number of nitrogens with one attached hydrogen (secondary N) is 1. The van der Waals surface area contributed by atoms with Crippen molar-refractivity contribution in [1.82, 2.24) is 15.1 Å². The Morgan fingerprint density at radius 2 is 2.00 bits per heavy atom. The number of aryl methyl sites for hydroxylation is 3. The van der Waals surface area contributed by atoms with Crippen molar-refractivity contribution in [3.63, 3.8) is 0 Å². The number of methoxy groups -OCH3 is 1. The molecule has 0 saturated heterocycles. The van der Waals surface area contributed by atoms with Crippen molar-refractivity contribution in [2.24, 2.45) is 0 Å². The molecule has 8 heteroatoms. The van der Waals surface area contributed by atoms with E-state index in [1.54, 1.807) is 18.4 Å². The first-order valence-corrected chi connectivity index (χ1v) is 10.8. The molecule has 2 aromatic heterocycles. The molecule has 0 unspecified atom stereocenters. The van der Waals surface area contributed by atoms with Crippen molar-refractivity contribution < 1.29 is 14.1 Å².